The van der Waals surface area contributed by atoms with Crippen LogP contribution in [0.15, 0.2) is 54.7 Å². The Morgan fingerprint density at radius 3 is 2.56 bits per heavy atom. The fourth-order valence-electron chi connectivity index (χ4n) is 3.35. The molecule has 0 saturated carbocycles. The first kappa shape index (κ1) is 27.0. The summed E-state index contributed by atoms with van der Waals surface area (Å²) in [6.45, 7) is 0. The van der Waals surface area contributed by atoms with Crippen molar-refractivity contribution in [3.63, 3.8) is 0 Å². The zero-order valence-electron chi connectivity index (χ0n) is 17.9. The van der Waals surface area contributed by atoms with Gasteiger partial charge in [0.15, 0.2) is 11.8 Å². The number of likely N-dealkylation sites (N-methyl/N-ethyl adjacent to an activating group) is 1. The molecule has 9 nitrogen and oxygen atoms in total. The van der Waals surface area contributed by atoms with Gasteiger partial charge in [-0.2, -0.15) is 0 Å². The average Bonchev–Trinajstić information content (AvgIpc) is 2.79. The van der Waals surface area contributed by atoms with Crippen LogP contribution in [-0.2, 0) is 14.4 Å². The van der Waals surface area contributed by atoms with E-state index in [1.165, 1.54) is 38.6 Å². The van der Waals surface area contributed by atoms with Crippen molar-refractivity contribution < 1.29 is 33.4 Å². The Hall–Kier alpha value is -3.21. The number of nitrogens with one attached hydrogen (secondary N) is 2. The number of carboxylic acids is 1. The standard InChI is InChI=1S/C23H22FN3O6.Na.H/c1-27-9-8-19(28)21(22(27)31)26-23(32)25-18(12-20(29)30)16-11-14(6-7-17(16)24)13-4-3-5-15(10-13)33-2;;/h3-11,18,21H,12H2,1-2H3,(H,29,30)(H2,25,26,32);;/t18-,21?;;/m0../s1. The molecule has 0 aromatic heterocycles. The molecule has 0 fully saturated rings. The molecule has 0 radical (unpaired) electrons. The number of hydrogen-bond acceptors (Lipinski definition) is 5. The van der Waals surface area contributed by atoms with Gasteiger partial charge in [0.05, 0.1) is 19.6 Å². The average molecular weight is 479 g/mol. The van der Waals surface area contributed by atoms with E-state index in [2.05, 4.69) is 10.6 Å². The van der Waals surface area contributed by atoms with Gasteiger partial charge in [-0.1, -0.05) is 18.2 Å². The molecule has 3 rings (SSSR count). The molecule has 0 spiro atoms. The molecule has 0 aliphatic carbocycles. The minimum absolute atomic E-state index is 0. The van der Waals surface area contributed by atoms with Crippen LogP contribution in [0.1, 0.15) is 18.0 Å². The van der Waals surface area contributed by atoms with Crippen molar-refractivity contribution >= 4 is 53.2 Å². The first-order valence-electron chi connectivity index (χ1n) is 9.91. The van der Waals surface area contributed by atoms with E-state index < -0.39 is 48.0 Å². The number of benzene rings is 2. The van der Waals surface area contributed by atoms with Gasteiger partial charge in [0.1, 0.15) is 11.6 Å². The van der Waals surface area contributed by atoms with Crippen molar-refractivity contribution in [2.75, 3.05) is 14.2 Å². The van der Waals surface area contributed by atoms with Crippen LogP contribution >= 0.6 is 0 Å². The zero-order chi connectivity index (χ0) is 24.1. The third-order valence-corrected chi connectivity index (χ3v) is 5.08. The monoisotopic (exact) mass is 479 g/mol. The molecule has 1 aliphatic rings. The summed E-state index contributed by atoms with van der Waals surface area (Å²) in [5.41, 5.74) is 1.21. The van der Waals surface area contributed by atoms with Crippen molar-refractivity contribution in [2.24, 2.45) is 0 Å². The number of carboxylic acid groups (broad SMARTS) is 1. The molecular weight excluding hydrogens is 456 g/mol. The quantitative estimate of drug-likeness (QED) is 0.409. The molecule has 174 valence electrons. The van der Waals surface area contributed by atoms with Gasteiger partial charge in [0.25, 0.3) is 5.91 Å². The summed E-state index contributed by atoms with van der Waals surface area (Å²) < 4.78 is 19.9. The summed E-state index contributed by atoms with van der Waals surface area (Å²) in [7, 11) is 2.93. The van der Waals surface area contributed by atoms with Gasteiger partial charge < -0.3 is 25.4 Å². The van der Waals surface area contributed by atoms with E-state index in [1.54, 1.807) is 24.3 Å². The van der Waals surface area contributed by atoms with Gasteiger partial charge in [0.2, 0.25) is 0 Å². The van der Waals surface area contributed by atoms with Crippen LogP contribution in [0, 0.1) is 5.82 Å². The first-order valence-corrected chi connectivity index (χ1v) is 9.91. The number of hydrogen-bond donors (Lipinski definition) is 3. The Morgan fingerprint density at radius 2 is 1.88 bits per heavy atom. The molecule has 2 aromatic carbocycles. The molecule has 2 aromatic rings. The van der Waals surface area contributed by atoms with E-state index in [-0.39, 0.29) is 35.1 Å². The van der Waals surface area contributed by atoms with E-state index in [4.69, 9.17) is 4.74 Å². The van der Waals surface area contributed by atoms with Crippen LogP contribution in [0.5, 0.6) is 5.75 Å². The number of methoxy groups -OCH3 is 1. The van der Waals surface area contributed by atoms with Gasteiger partial charge in [-0.3, -0.25) is 14.4 Å². The van der Waals surface area contributed by atoms with Crippen LogP contribution in [0.2, 0.25) is 0 Å². The van der Waals surface area contributed by atoms with Crippen LogP contribution in [0.3, 0.4) is 0 Å². The number of halogens is 1. The molecular formula is C23H23FN3NaO6. The number of carbonyl (C=O) groups is 4. The number of amides is 3. The molecule has 1 aliphatic heterocycles. The molecule has 11 heteroatoms. The second kappa shape index (κ2) is 11.8. The third-order valence-electron chi connectivity index (χ3n) is 5.08. The molecule has 1 heterocycles. The van der Waals surface area contributed by atoms with Crippen molar-refractivity contribution in [1.29, 1.82) is 0 Å². The van der Waals surface area contributed by atoms with Crippen LogP contribution < -0.4 is 15.4 Å². The number of nitrogens with zero attached hydrogens (tertiary/aromatic N) is 1. The SMILES string of the molecule is COc1cccc(-c2ccc(F)c([C@H](CC(=O)O)NC(=O)NC3C(=O)C=CN(C)C3=O)c2)c1.[NaH]. The van der Waals surface area contributed by atoms with Crippen LogP contribution in [0.25, 0.3) is 11.1 Å². The van der Waals surface area contributed by atoms with E-state index in [0.29, 0.717) is 16.9 Å². The predicted octanol–water partition coefficient (Wildman–Crippen LogP) is 1.59. The van der Waals surface area contributed by atoms with E-state index in [1.807, 2.05) is 0 Å². The summed E-state index contributed by atoms with van der Waals surface area (Å²) in [4.78, 5) is 49.2. The van der Waals surface area contributed by atoms with Gasteiger partial charge in [-0.15, -0.1) is 0 Å². The molecule has 34 heavy (non-hydrogen) atoms. The van der Waals surface area contributed by atoms with E-state index in [0.717, 1.165) is 11.0 Å². The summed E-state index contributed by atoms with van der Waals surface area (Å²) in [5.74, 6) is -2.70. The van der Waals surface area contributed by atoms with E-state index in [9.17, 15) is 28.7 Å². The number of carbonyl (C=O) groups excluding carboxylic acids is 3. The number of urea groups is 1. The fraction of sp³-hybridized carbons (Fsp3) is 0.217. The molecule has 0 bridgehead atoms. The Morgan fingerprint density at radius 1 is 1.18 bits per heavy atom. The molecule has 1 unspecified atom stereocenters. The summed E-state index contributed by atoms with van der Waals surface area (Å²) in [5, 5.41) is 13.9. The molecule has 2 atom stereocenters. The van der Waals surface area contributed by atoms with E-state index >= 15 is 0 Å². The van der Waals surface area contributed by atoms with Crippen molar-refractivity contribution in [1.82, 2.24) is 15.5 Å². The third kappa shape index (κ3) is 6.43. The minimum atomic E-state index is -1.46. The summed E-state index contributed by atoms with van der Waals surface area (Å²) in [6.07, 6.45) is 1.78. The maximum atomic E-state index is 14.7. The van der Waals surface area contributed by atoms with Crippen LogP contribution in [-0.4, -0.2) is 83.5 Å². The van der Waals surface area contributed by atoms with Gasteiger partial charge in [-0.25, -0.2) is 9.18 Å². The number of ether oxygens (including phenoxy) is 1. The van der Waals surface area contributed by atoms with Gasteiger partial charge in [0, 0.05) is 24.9 Å². The first-order chi connectivity index (χ1) is 15.7. The fourth-order valence-corrected chi connectivity index (χ4v) is 3.35. The summed E-state index contributed by atoms with van der Waals surface area (Å²) in [6, 6.07) is 7.42. The zero-order valence-corrected chi connectivity index (χ0v) is 17.9. The van der Waals surface area contributed by atoms with Crippen LogP contribution in [0.4, 0.5) is 9.18 Å². The maximum absolute atomic E-state index is 14.7. The van der Waals surface area contributed by atoms with Crippen molar-refractivity contribution in [3.05, 3.63) is 66.1 Å². The van der Waals surface area contributed by atoms with Gasteiger partial charge in [-0.05, 0) is 35.4 Å². The Bertz CT molecular complexity index is 1140. The molecule has 3 N–H and O–H groups in total. The number of rotatable bonds is 7. The number of aliphatic carboxylic acids is 1. The molecule has 0 saturated heterocycles. The molecule has 3 amide bonds. The predicted molar refractivity (Wildman–Crippen MR) is 123 cm³/mol. The Balaban J connectivity index is 0.00000408. The van der Waals surface area contributed by atoms with Gasteiger partial charge >= 0.3 is 41.6 Å². The van der Waals surface area contributed by atoms with Crippen molar-refractivity contribution in [3.8, 4) is 16.9 Å². The second-order valence-electron chi connectivity index (χ2n) is 7.34. The Labute approximate surface area is 217 Å². The second-order valence-corrected chi connectivity index (χ2v) is 7.34. The normalized spacial score (nSPS) is 15.9. The number of ketones is 1. The van der Waals surface area contributed by atoms with Crippen molar-refractivity contribution in [2.45, 2.75) is 18.5 Å². The summed E-state index contributed by atoms with van der Waals surface area (Å²) >= 11 is 0. The topological polar surface area (TPSA) is 125 Å². The Kier molecular flexibility index (Phi) is 9.36.